The van der Waals surface area contributed by atoms with E-state index in [4.69, 9.17) is 5.73 Å². The molecule has 1 aromatic heterocycles. The number of para-hydroxylation sites is 1. The molecule has 2 heterocycles. The van der Waals surface area contributed by atoms with Gasteiger partial charge >= 0.3 is 0 Å². The quantitative estimate of drug-likeness (QED) is 0.396. The highest BCUT2D eigenvalue weighted by Crippen LogP contribution is 2.44. The third-order valence-electron chi connectivity index (χ3n) is 6.21. The van der Waals surface area contributed by atoms with Gasteiger partial charge in [-0.3, -0.25) is 14.5 Å². The molecule has 1 amide bonds. The molecule has 1 unspecified atom stereocenters. The number of nitrogens with zero attached hydrogens (tertiary/aromatic N) is 4. The number of allylic oxidation sites excluding steroid dienone is 4. The number of nitrogens with two attached hydrogens (primary N) is 1. The number of carbonyl (C=O) groups excluding carboxylic acids is 2. The van der Waals surface area contributed by atoms with Gasteiger partial charge in [-0.2, -0.15) is 5.26 Å². The molecule has 0 bridgehead atoms. The Bertz CT molecular complexity index is 1490. The molecule has 1 atom stereocenters. The van der Waals surface area contributed by atoms with Gasteiger partial charge in [0.25, 0.3) is 0 Å². The van der Waals surface area contributed by atoms with Crippen molar-refractivity contribution in [1.82, 2.24) is 10.2 Å². The second-order valence-corrected chi connectivity index (χ2v) is 10.9. The van der Waals surface area contributed by atoms with Crippen molar-refractivity contribution >= 4 is 51.7 Å². The summed E-state index contributed by atoms with van der Waals surface area (Å²) in [6.07, 6.45) is 5.55. The van der Waals surface area contributed by atoms with Crippen molar-refractivity contribution in [2.24, 2.45) is 11.7 Å². The molecule has 10 heteroatoms. The van der Waals surface area contributed by atoms with Crippen LogP contribution in [0.5, 0.6) is 0 Å². The highest BCUT2D eigenvalue weighted by Gasteiger charge is 2.39. The number of rotatable bonds is 7. The van der Waals surface area contributed by atoms with Gasteiger partial charge in [0.1, 0.15) is 5.82 Å². The lowest BCUT2D eigenvalue weighted by molar-refractivity contribution is -0.116. The van der Waals surface area contributed by atoms with Crippen molar-refractivity contribution in [1.29, 1.82) is 5.26 Å². The monoisotopic (exact) mass is 540 g/mol. The van der Waals surface area contributed by atoms with Gasteiger partial charge < -0.3 is 11.1 Å². The largest absolute Gasteiger partial charge is 0.384 e. The summed E-state index contributed by atoms with van der Waals surface area (Å²) in [6.45, 7) is 0. The Morgan fingerprint density at radius 1 is 1.16 bits per heavy atom. The average Bonchev–Trinajstić information content (AvgIpc) is 3.40. The summed E-state index contributed by atoms with van der Waals surface area (Å²) in [5.41, 5.74) is 9.91. The highest BCUT2D eigenvalue weighted by molar-refractivity contribution is 8.01. The van der Waals surface area contributed by atoms with Crippen LogP contribution in [0.1, 0.15) is 24.8 Å². The minimum absolute atomic E-state index is 0.0101. The molecular formula is C28H24N6O2S2. The highest BCUT2D eigenvalue weighted by atomic mass is 32.2. The van der Waals surface area contributed by atoms with Gasteiger partial charge in [0.15, 0.2) is 10.1 Å². The molecule has 1 aliphatic heterocycles. The fourth-order valence-corrected chi connectivity index (χ4v) is 6.19. The molecule has 0 radical (unpaired) electrons. The Hall–Kier alpha value is -4.20. The first-order chi connectivity index (χ1) is 18.5. The summed E-state index contributed by atoms with van der Waals surface area (Å²) < 4.78 is 0.588. The zero-order valence-electron chi connectivity index (χ0n) is 20.3. The van der Waals surface area contributed by atoms with Crippen LogP contribution in [0.15, 0.2) is 93.7 Å². The Kier molecular flexibility index (Phi) is 7.67. The van der Waals surface area contributed by atoms with Crippen LogP contribution < -0.4 is 16.0 Å². The molecule has 5 rings (SSSR count). The van der Waals surface area contributed by atoms with Gasteiger partial charge in [0.05, 0.1) is 17.4 Å². The average molecular weight is 541 g/mol. The summed E-state index contributed by atoms with van der Waals surface area (Å²) >= 11 is 2.54. The van der Waals surface area contributed by atoms with E-state index in [1.54, 1.807) is 4.90 Å². The second kappa shape index (κ2) is 11.5. The summed E-state index contributed by atoms with van der Waals surface area (Å²) in [5.74, 6) is -0.258. The second-order valence-electron chi connectivity index (χ2n) is 8.68. The van der Waals surface area contributed by atoms with Gasteiger partial charge in [-0.1, -0.05) is 83.8 Å². The van der Waals surface area contributed by atoms with E-state index in [9.17, 15) is 14.9 Å². The van der Waals surface area contributed by atoms with Crippen molar-refractivity contribution in [2.45, 2.75) is 23.6 Å². The Balaban J connectivity index is 1.40. The first-order valence-corrected chi connectivity index (χ1v) is 13.9. The van der Waals surface area contributed by atoms with E-state index in [1.165, 1.54) is 23.1 Å². The maximum Gasteiger partial charge on any atom is 0.234 e. The number of nitriles is 1. The molecule has 190 valence electrons. The van der Waals surface area contributed by atoms with E-state index < -0.39 is 5.92 Å². The van der Waals surface area contributed by atoms with Gasteiger partial charge in [-0.25, -0.2) is 0 Å². The lowest BCUT2D eigenvalue weighted by atomic mass is 9.79. The fraction of sp³-hybridized carbons (Fsp3) is 0.179. The molecule has 3 N–H and O–H groups in total. The number of ketones is 1. The van der Waals surface area contributed by atoms with E-state index in [-0.39, 0.29) is 23.3 Å². The van der Waals surface area contributed by atoms with Crippen LogP contribution in [-0.2, 0) is 9.59 Å². The SMILES string of the molecule is N#CC1=C(N)N(c2nnc(SCC(=O)Nc3ccccc3)s2)C2=C(C(=O)CCC2)C1/C=C/c1ccccc1. The lowest BCUT2D eigenvalue weighted by Crippen LogP contribution is -2.39. The number of hydrogen-bond acceptors (Lipinski definition) is 9. The first kappa shape index (κ1) is 25.4. The van der Waals surface area contributed by atoms with Crippen LogP contribution >= 0.6 is 23.1 Å². The van der Waals surface area contributed by atoms with E-state index in [1.807, 2.05) is 72.8 Å². The molecule has 2 aliphatic rings. The van der Waals surface area contributed by atoms with Gasteiger partial charge in [0, 0.05) is 29.3 Å². The molecule has 0 saturated heterocycles. The normalized spacial score (nSPS) is 17.5. The fourth-order valence-electron chi connectivity index (χ4n) is 4.51. The molecule has 38 heavy (non-hydrogen) atoms. The number of hydrogen-bond donors (Lipinski definition) is 2. The maximum atomic E-state index is 13.2. The van der Waals surface area contributed by atoms with Gasteiger partial charge in [0.2, 0.25) is 11.0 Å². The number of Topliss-reactive ketones (excluding diaryl/α,β-unsaturated/α-hetero) is 1. The maximum absolute atomic E-state index is 13.2. The van der Waals surface area contributed by atoms with Crippen molar-refractivity contribution < 1.29 is 9.59 Å². The Morgan fingerprint density at radius 2 is 1.89 bits per heavy atom. The number of benzene rings is 2. The molecular weight excluding hydrogens is 516 g/mol. The van der Waals surface area contributed by atoms with Crippen LogP contribution in [0.2, 0.25) is 0 Å². The predicted octanol–water partition coefficient (Wildman–Crippen LogP) is 5.12. The van der Waals surface area contributed by atoms with E-state index in [0.29, 0.717) is 39.9 Å². The number of nitrogens with one attached hydrogen (secondary N) is 1. The summed E-state index contributed by atoms with van der Waals surface area (Å²) in [6, 6.07) is 21.2. The predicted molar refractivity (Wildman–Crippen MR) is 150 cm³/mol. The van der Waals surface area contributed by atoms with Crippen LogP contribution in [0.4, 0.5) is 10.8 Å². The van der Waals surface area contributed by atoms with Crippen molar-refractivity contribution in [3.63, 3.8) is 0 Å². The molecule has 0 spiro atoms. The minimum atomic E-state index is -0.525. The summed E-state index contributed by atoms with van der Waals surface area (Å²) in [5, 5.41) is 21.9. The molecule has 0 saturated carbocycles. The zero-order valence-corrected chi connectivity index (χ0v) is 22.0. The van der Waals surface area contributed by atoms with Crippen molar-refractivity contribution in [2.75, 3.05) is 16.0 Å². The molecule has 2 aromatic carbocycles. The van der Waals surface area contributed by atoms with Crippen molar-refractivity contribution in [3.05, 3.63) is 95.0 Å². The van der Waals surface area contributed by atoms with E-state index in [2.05, 4.69) is 21.6 Å². The van der Waals surface area contributed by atoms with Crippen LogP contribution in [0.25, 0.3) is 6.08 Å². The Labute approximate surface area is 228 Å². The standard InChI is InChI=1S/C28H24N6O2S2/c29-16-21-20(15-14-18-8-3-1-4-9-18)25-22(12-7-13-23(25)35)34(26(21)30)27-32-33-28(38-27)37-17-24(36)31-19-10-5-2-6-11-19/h1-6,8-11,14-15,20H,7,12-13,17,30H2,(H,31,36)/b15-14+. The molecule has 3 aromatic rings. The number of aromatic nitrogens is 2. The summed E-state index contributed by atoms with van der Waals surface area (Å²) in [4.78, 5) is 27.2. The molecule has 8 nitrogen and oxygen atoms in total. The first-order valence-electron chi connectivity index (χ1n) is 12.1. The topological polar surface area (TPSA) is 125 Å². The lowest BCUT2D eigenvalue weighted by Gasteiger charge is -2.37. The molecule has 0 fully saturated rings. The third-order valence-corrected chi connectivity index (χ3v) is 8.25. The molecule has 1 aliphatic carbocycles. The van der Waals surface area contributed by atoms with Crippen molar-refractivity contribution in [3.8, 4) is 6.07 Å². The van der Waals surface area contributed by atoms with E-state index in [0.717, 1.165) is 16.9 Å². The number of anilines is 2. The Morgan fingerprint density at radius 3 is 2.63 bits per heavy atom. The smallest absolute Gasteiger partial charge is 0.234 e. The number of carbonyl (C=O) groups is 2. The third kappa shape index (κ3) is 5.39. The minimum Gasteiger partial charge on any atom is -0.384 e. The van der Waals surface area contributed by atoms with Gasteiger partial charge in [-0.05, 0) is 30.5 Å². The zero-order chi connectivity index (χ0) is 26.5. The van der Waals surface area contributed by atoms with Crippen LogP contribution in [0.3, 0.4) is 0 Å². The van der Waals surface area contributed by atoms with Crippen LogP contribution in [0, 0.1) is 17.2 Å². The summed E-state index contributed by atoms with van der Waals surface area (Å²) in [7, 11) is 0. The van der Waals surface area contributed by atoms with Gasteiger partial charge in [-0.15, -0.1) is 10.2 Å². The number of amides is 1. The number of thioether (sulfide) groups is 1. The van der Waals surface area contributed by atoms with E-state index >= 15 is 0 Å². The van der Waals surface area contributed by atoms with Crippen LogP contribution in [-0.4, -0.2) is 27.6 Å².